The highest BCUT2D eigenvalue weighted by atomic mass is 35.5. The van der Waals surface area contributed by atoms with Crippen molar-refractivity contribution in [1.29, 1.82) is 0 Å². The fraction of sp³-hybridized carbons (Fsp3) is 0.500. The lowest BCUT2D eigenvalue weighted by Gasteiger charge is -2.17. The van der Waals surface area contributed by atoms with Gasteiger partial charge in [0.05, 0.1) is 5.02 Å². The minimum Gasteiger partial charge on any atom is -0.329 e. The van der Waals surface area contributed by atoms with E-state index in [-0.39, 0.29) is 24.0 Å². The van der Waals surface area contributed by atoms with Crippen molar-refractivity contribution < 1.29 is 12.8 Å². The quantitative estimate of drug-likeness (QED) is 0.798. The SMILES string of the molecule is CCCCC(CN)NS(=O)(=O)c1c(F)cccc1Cl.Cl. The molecule has 0 bridgehead atoms. The Labute approximate surface area is 130 Å². The number of sulfonamides is 1. The van der Waals surface area contributed by atoms with Gasteiger partial charge in [0.15, 0.2) is 0 Å². The first-order valence-corrected chi connectivity index (χ1v) is 7.95. The summed E-state index contributed by atoms with van der Waals surface area (Å²) in [6, 6.07) is 3.33. The van der Waals surface area contributed by atoms with Gasteiger partial charge in [-0.05, 0) is 18.6 Å². The van der Waals surface area contributed by atoms with Crippen LogP contribution in [-0.2, 0) is 10.0 Å². The Balaban J connectivity index is 0.00000361. The van der Waals surface area contributed by atoms with Crippen molar-refractivity contribution in [3.05, 3.63) is 29.0 Å². The van der Waals surface area contributed by atoms with E-state index in [2.05, 4.69) is 4.72 Å². The molecule has 1 rings (SSSR count). The summed E-state index contributed by atoms with van der Waals surface area (Å²) in [5, 5.41) is -0.140. The van der Waals surface area contributed by atoms with Gasteiger partial charge >= 0.3 is 0 Å². The van der Waals surface area contributed by atoms with Crippen LogP contribution in [0.25, 0.3) is 0 Å². The van der Waals surface area contributed by atoms with E-state index in [1.54, 1.807) is 0 Å². The van der Waals surface area contributed by atoms with Crippen molar-refractivity contribution in [2.24, 2.45) is 5.73 Å². The molecule has 0 saturated heterocycles. The van der Waals surface area contributed by atoms with Crippen molar-refractivity contribution in [2.75, 3.05) is 6.54 Å². The van der Waals surface area contributed by atoms with Crippen molar-refractivity contribution in [1.82, 2.24) is 4.72 Å². The van der Waals surface area contributed by atoms with Gasteiger partial charge in [0.1, 0.15) is 10.7 Å². The number of halogens is 3. The monoisotopic (exact) mass is 344 g/mol. The number of hydrogen-bond donors (Lipinski definition) is 2. The first kappa shape index (κ1) is 19.6. The van der Waals surface area contributed by atoms with Crippen molar-refractivity contribution in [3.63, 3.8) is 0 Å². The van der Waals surface area contributed by atoms with E-state index in [9.17, 15) is 12.8 Å². The van der Waals surface area contributed by atoms with E-state index in [1.807, 2.05) is 6.92 Å². The standard InChI is InChI=1S/C12H18ClFN2O2S.ClH/c1-2-3-5-9(8-15)16-19(17,18)12-10(13)6-4-7-11(12)14;/h4,6-7,9,16H,2-3,5,8,15H2,1H3;1H. The third kappa shape index (κ3) is 5.18. The normalized spacial score (nSPS) is 12.8. The molecule has 1 aromatic rings. The highest BCUT2D eigenvalue weighted by molar-refractivity contribution is 7.89. The van der Waals surface area contributed by atoms with Crippen LogP contribution in [0, 0.1) is 5.82 Å². The van der Waals surface area contributed by atoms with Gasteiger partial charge in [-0.2, -0.15) is 0 Å². The fourth-order valence-corrected chi connectivity index (χ4v) is 3.58. The van der Waals surface area contributed by atoms with E-state index in [0.29, 0.717) is 6.42 Å². The van der Waals surface area contributed by atoms with Gasteiger partial charge in [0.2, 0.25) is 10.0 Å². The van der Waals surface area contributed by atoms with Crippen LogP contribution in [0.2, 0.25) is 5.02 Å². The summed E-state index contributed by atoms with van der Waals surface area (Å²) in [4.78, 5) is -0.522. The number of rotatable bonds is 7. The molecule has 0 aliphatic carbocycles. The van der Waals surface area contributed by atoms with Gasteiger partial charge in [-0.15, -0.1) is 12.4 Å². The van der Waals surface area contributed by atoms with Crippen molar-refractivity contribution in [3.8, 4) is 0 Å². The molecule has 3 N–H and O–H groups in total. The molecule has 0 spiro atoms. The number of unbranched alkanes of at least 4 members (excludes halogenated alkanes) is 1. The zero-order valence-corrected chi connectivity index (χ0v) is 13.5. The van der Waals surface area contributed by atoms with Gasteiger partial charge < -0.3 is 5.73 Å². The Hall–Kier alpha value is -0.400. The van der Waals surface area contributed by atoms with E-state index in [1.165, 1.54) is 12.1 Å². The minimum atomic E-state index is -4.00. The average Bonchev–Trinajstić information content (AvgIpc) is 2.33. The molecule has 0 radical (unpaired) electrons. The summed E-state index contributed by atoms with van der Waals surface area (Å²) in [6.07, 6.45) is 2.38. The van der Waals surface area contributed by atoms with E-state index in [4.69, 9.17) is 17.3 Å². The van der Waals surface area contributed by atoms with Gasteiger partial charge in [-0.1, -0.05) is 37.4 Å². The lowest BCUT2D eigenvalue weighted by molar-refractivity contribution is 0.509. The van der Waals surface area contributed by atoms with Crippen LogP contribution in [0.1, 0.15) is 26.2 Å². The maximum Gasteiger partial charge on any atom is 0.245 e. The molecule has 20 heavy (non-hydrogen) atoms. The first-order valence-electron chi connectivity index (χ1n) is 6.08. The van der Waals surface area contributed by atoms with Crippen molar-refractivity contribution in [2.45, 2.75) is 37.1 Å². The molecule has 0 amide bonds. The summed E-state index contributed by atoms with van der Waals surface area (Å²) >= 11 is 5.75. The minimum absolute atomic E-state index is 0. The van der Waals surface area contributed by atoms with Gasteiger partial charge in [-0.25, -0.2) is 17.5 Å². The molecule has 0 heterocycles. The molecule has 0 aliphatic rings. The van der Waals surface area contributed by atoms with Crippen LogP contribution < -0.4 is 10.5 Å². The number of nitrogens with one attached hydrogen (secondary N) is 1. The summed E-state index contributed by atoms with van der Waals surface area (Å²) < 4.78 is 40.2. The topological polar surface area (TPSA) is 72.2 Å². The number of hydrogen-bond acceptors (Lipinski definition) is 3. The third-order valence-electron chi connectivity index (χ3n) is 2.70. The predicted octanol–water partition coefficient (Wildman–Crippen LogP) is 2.70. The first-order chi connectivity index (χ1) is 8.92. The van der Waals surface area contributed by atoms with Crippen LogP contribution in [0.4, 0.5) is 4.39 Å². The Morgan fingerprint density at radius 3 is 2.60 bits per heavy atom. The molecular weight excluding hydrogens is 326 g/mol. The van der Waals surface area contributed by atoms with Crippen LogP contribution in [-0.4, -0.2) is 21.0 Å². The second-order valence-corrected chi connectivity index (χ2v) is 6.30. The lowest BCUT2D eigenvalue weighted by atomic mass is 10.1. The molecule has 0 aromatic heterocycles. The molecule has 116 valence electrons. The lowest BCUT2D eigenvalue weighted by Crippen LogP contribution is -2.40. The molecular formula is C12H19Cl2FN2O2S. The highest BCUT2D eigenvalue weighted by Crippen LogP contribution is 2.24. The molecule has 0 saturated carbocycles. The molecule has 1 atom stereocenters. The molecule has 0 aliphatic heterocycles. The smallest absolute Gasteiger partial charge is 0.245 e. The van der Waals surface area contributed by atoms with Gasteiger partial charge in [-0.3, -0.25) is 0 Å². The average molecular weight is 345 g/mol. The van der Waals surface area contributed by atoms with E-state index in [0.717, 1.165) is 18.9 Å². The Bertz CT molecular complexity index is 506. The zero-order chi connectivity index (χ0) is 14.5. The predicted molar refractivity (Wildman–Crippen MR) is 81.3 cm³/mol. The van der Waals surface area contributed by atoms with Crippen LogP contribution in [0.15, 0.2) is 23.1 Å². The van der Waals surface area contributed by atoms with Crippen LogP contribution >= 0.6 is 24.0 Å². The van der Waals surface area contributed by atoms with Crippen LogP contribution in [0.3, 0.4) is 0 Å². The summed E-state index contributed by atoms with van der Waals surface area (Å²) in [5.74, 6) is -0.869. The Kier molecular flexibility index (Phi) is 8.62. The molecule has 8 heteroatoms. The van der Waals surface area contributed by atoms with E-state index < -0.39 is 26.8 Å². The fourth-order valence-electron chi connectivity index (χ4n) is 1.69. The molecule has 0 fully saturated rings. The van der Waals surface area contributed by atoms with Gasteiger partial charge in [0, 0.05) is 12.6 Å². The number of nitrogens with two attached hydrogens (primary N) is 1. The van der Waals surface area contributed by atoms with Crippen LogP contribution in [0.5, 0.6) is 0 Å². The summed E-state index contributed by atoms with van der Waals surface area (Å²) in [6.45, 7) is 2.15. The van der Waals surface area contributed by atoms with Crippen molar-refractivity contribution >= 4 is 34.0 Å². The third-order valence-corrected chi connectivity index (χ3v) is 4.72. The Morgan fingerprint density at radius 2 is 2.10 bits per heavy atom. The second kappa shape index (κ2) is 8.79. The number of benzene rings is 1. The Morgan fingerprint density at radius 1 is 1.45 bits per heavy atom. The maximum absolute atomic E-state index is 13.6. The second-order valence-electron chi connectivity index (χ2n) is 4.25. The molecule has 1 aromatic carbocycles. The molecule has 1 unspecified atom stereocenters. The maximum atomic E-state index is 13.6. The highest BCUT2D eigenvalue weighted by Gasteiger charge is 2.25. The molecule has 4 nitrogen and oxygen atoms in total. The van der Waals surface area contributed by atoms with E-state index >= 15 is 0 Å². The summed E-state index contributed by atoms with van der Waals surface area (Å²) in [7, 11) is -4.00. The largest absolute Gasteiger partial charge is 0.329 e. The zero-order valence-electron chi connectivity index (χ0n) is 11.1. The van der Waals surface area contributed by atoms with Gasteiger partial charge in [0.25, 0.3) is 0 Å². The summed E-state index contributed by atoms with van der Waals surface area (Å²) in [5.41, 5.74) is 5.52.